The molecule has 0 aliphatic heterocycles. The number of carbonyl (C=O) groups is 1. The first-order chi connectivity index (χ1) is 11.5. The van der Waals surface area contributed by atoms with E-state index < -0.39 is 10.9 Å². The lowest BCUT2D eigenvalue weighted by Gasteiger charge is -2.09. The first-order valence-corrected chi connectivity index (χ1v) is 6.89. The highest BCUT2D eigenvalue weighted by atomic mass is 19.1. The maximum absolute atomic E-state index is 12.7. The molecule has 0 bridgehead atoms. The molecule has 0 radical (unpaired) electrons. The van der Waals surface area contributed by atoms with Gasteiger partial charge in [-0.3, -0.25) is 10.1 Å². The van der Waals surface area contributed by atoms with E-state index in [1.165, 1.54) is 43.5 Å². The molecule has 0 atom stereocenters. The summed E-state index contributed by atoms with van der Waals surface area (Å²) in [6.07, 6.45) is 0. The van der Waals surface area contributed by atoms with Gasteiger partial charge < -0.3 is 14.2 Å². The van der Waals surface area contributed by atoms with Crippen LogP contribution < -0.4 is 9.47 Å². The number of halogens is 1. The minimum absolute atomic E-state index is 0.0477. The summed E-state index contributed by atoms with van der Waals surface area (Å²) in [6.45, 7) is -0.0311. The standard InChI is InChI=1S/C16H14FNO6/c1-22-15-7-4-12(18(20)21)10-14(15)16(19)24-9-8-23-13-5-2-11(17)3-6-13/h2-7,10H,8-9H2,1H3. The number of methoxy groups -OCH3 is 1. The molecule has 0 unspecified atom stereocenters. The zero-order chi connectivity index (χ0) is 17.5. The lowest BCUT2D eigenvalue weighted by Crippen LogP contribution is -2.13. The van der Waals surface area contributed by atoms with E-state index in [1.54, 1.807) is 0 Å². The third-order valence-corrected chi connectivity index (χ3v) is 3.01. The zero-order valence-corrected chi connectivity index (χ0v) is 12.7. The minimum Gasteiger partial charge on any atom is -0.496 e. The van der Waals surface area contributed by atoms with Gasteiger partial charge in [0.05, 0.1) is 12.0 Å². The quantitative estimate of drug-likeness (QED) is 0.334. The summed E-state index contributed by atoms with van der Waals surface area (Å²) in [4.78, 5) is 22.2. The molecule has 0 heterocycles. The molecule has 8 heteroatoms. The molecule has 0 aliphatic rings. The van der Waals surface area contributed by atoms with Crippen LogP contribution in [-0.4, -0.2) is 31.2 Å². The van der Waals surface area contributed by atoms with Crippen molar-refractivity contribution in [2.45, 2.75) is 0 Å². The molecular weight excluding hydrogens is 321 g/mol. The number of benzene rings is 2. The SMILES string of the molecule is COc1ccc([N+](=O)[O-])cc1C(=O)OCCOc1ccc(F)cc1. The van der Waals surface area contributed by atoms with Gasteiger partial charge in [-0.1, -0.05) is 0 Å². The van der Waals surface area contributed by atoms with Gasteiger partial charge in [0.1, 0.15) is 36.1 Å². The number of non-ortho nitro benzene ring substituents is 1. The van der Waals surface area contributed by atoms with Crippen molar-refractivity contribution in [2.75, 3.05) is 20.3 Å². The van der Waals surface area contributed by atoms with Crippen LogP contribution in [-0.2, 0) is 4.74 Å². The zero-order valence-electron chi connectivity index (χ0n) is 12.7. The van der Waals surface area contributed by atoms with Crippen LogP contribution in [0, 0.1) is 15.9 Å². The number of nitrogens with zero attached hydrogens (tertiary/aromatic N) is 1. The van der Waals surface area contributed by atoms with Gasteiger partial charge in [-0.2, -0.15) is 0 Å². The number of hydrogen-bond donors (Lipinski definition) is 0. The van der Waals surface area contributed by atoms with Crippen LogP contribution in [0.4, 0.5) is 10.1 Å². The molecule has 2 aromatic carbocycles. The maximum Gasteiger partial charge on any atom is 0.342 e. The second kappa shape index (κ2) is 7.91. The van der Waals surface area contributed by atoms with Crippen molar-refractivity contribution in [3.63, 3.8) is 0 Å². The Morgan fingerprint density at radius 2 is 1.88 bits per heavy atom. The van der Waals surface area contributed by atoms with Crippen LogP contribution in [0.3, 0.4) is 0 Å². The van der Waals surface area contributed by atoms with Crippen LogP contribution in [0.25, 0.3) is 0 Å². The molecule has 0 N–H and O–H groups in total. The average Bonchev–Trinajstić information content (AvgIpc) is 2.59. The molecule has 0 aromatic heterocycles. The summed E-state index contributed by atoms with van der Waals surface area (Å²) in [5.74, 6) is -0.546. The summed E-state index contributed by atoms with van der Waals surface area (Å²) < 4.78 is 28.0. The molecule has 0 aliphatic carbocycles. The van der Waals surface area contributed by atoms with Gasteiger partial charge in [0.15, 0.2) is 0 Å². The van der Waals surface area contributed by atoms with Gasteiger partial charge in [0, 0.05) is 12.1 Å². The van der Waals surface area contributed by atoms with E-state index >= 15 is 0 Å². The van der Waals surface area contributed by atoms with Crippen LogP contribution >= 0.6 is 0 Å². The van der Waals surface area contributed by atoms with Crippen LogP contribution in [0.1, 0.15) is 10.4 Å². The van der Waals surface area contributed by atoms with Crippen molar-refractivity contribution in [3.8, 4) is 11.5 Å². The second-order valence-corrected chi connectivity index (χ2v) is 4.58. The molecule has 126 valence electrons. The van der Waals surface area contributed by atoms with Crippen molar-refractivity contribution in [2.24, 2.45) is 0 Å². The molecule has 0 saturated carbocycles. The number of rotatable bonds is 7. The first-order valence-electron chi connectivity index (χ1n) is 6.89. The number of nitro benzene ring substituents is 1. The number of hydrogen-bond acceptors (Lipinski definition) is 6. The molecule has 0 amide bonds. The summed E-state index contributed by atoms with van der Waals surface area (Å²) >= 11 is 0. The molecule has 0 saturated heterocycles. The Balaban J connectivity index is 1.93. The third-order valence-electron chi connectivity index (χ3n) is 3.01. The van der Waals surface area contributed by atoms with Crippen molar-refractivity contribution in [1.29, 1.82) is 0 Å². The number of esters is 1. The molecule has 2 rings (SSSR count). The number of ether oxygens (including phenoxy) is 3. The normalized spacial score (nSPS) is 10.1. The molecule has 0 spiro atoms. The van der Waals surface area contributed by atoms with Gasteiger partial charge >= 0.3 is 5.97 Å². The van der Waals surface area contributed by atoms with E-state index in [-0.39, 0.29) is 36.0 Å². The molecule has 24 heavy (non-hydrogen) atoms. The van der Waals surface area contributed by atoms with E-state index in [9.17, 15) is 19.3 Å². The highest BCUT2D eigenvalue weighted by Crippen LogP contribution is 2.24. The number of carbonyl (C=O) groups excluding carboxylic acids is 1. The predicted molar refractivity (Wildman–Crippen MR) is 81.8 cm³/mol. The fourth-order valence-electron chi connectivity index (χ4n) is 1.87. The van der Waals surface area contributed by atoms with E-state index in [4.69, 9.17) is 14.2 Å². The Kier molecular flexibility index (Phi) is 5.67. The predicted octanol–water partition coefficient (Wildman–Crippen LogP) is 2.98. The van der Waals surface area contributed by atoms with Crippen LogP contribution in [0.15, 0.2) is 42.5 Å². The summed E-state index contributed by atoms with van der Waals surface area (Å²) in [5, 5.41) is 10.8. The Hall–Kier alpha value is -3.16. The highest BCUT2D eigenvalue weighted by Gasteiger charge is 2.18. The first kappa shape index (κ1) is 17.2. The molecule has 7 nitrogen and oxygen atoms in total. The Morgan fingerprint density at radius 3 is 2.50 bits per heavy atom. The van der Waals surface area contributed by atoms with E-state index in [0.717, 1.165) is 6.07 Å². The number of nitro groups is 1. The Labute approximate surface area is 136 Å². The minimum atomic E-state index is -0.766. The summed E-state index contributed by atoms with van der Waals surface area (Å²) in [5.41, 5.74) is -0.293. The lowest BCUT2D eigenvalue weighted by atomic mass is 10.2. The summed E-state index contributed by atoms with van der Waals surface area (Å²) in [7, 11) is 1.34. The van der Waals surface area contributed by atoms with Gasteiger partial charge in [0.25, 0.3) is 5.69 Å². The van der Waals surface area contributed by atoms with Gasteiger partial charge in [-0.15, -0.1) is 0 Å². The van der Waals surface area contributed by atoms with E-state index in [2.05, 4.69) is 0 Å². The van der Waals surface area contributed by atoms with Crippen molar-refractivity contribution >= 4 is 11.7 Å². The maximum atomic E-state index is 12.7. The smallest absolute Gasteiger partial charge is 0.342 e. The van der Waals surface area contributed by atoms with Gasteiger partial charge in [-0.05, 0) is 30.3 Å². The van der Waals surface area contributed by atoms with Crippen LogP contribution in [0.2, 0.25) is 0 Å². The Morgan fingerprint density at radius 1 is 1.17 bits per heavy atom. The van der Waals surface area contributed by atoms with Gasteiger partial charge in [0.2, 0.25) is 0 Å². The topological polar surface area (TPSA) is 87.9 Å². The van der Waals surface area contributed by atoms with E-state index in [1.807, 2.05) is 0 Å². The monoisotopic (exact) mass is 335 g/mol. The second-order valence-electron chi connectivity index (χ2n) is 4.58. The fraction of sp³-hybridized carbons (Fsp3) is 0.188. The van der Waals surface area contributed by atoms with Crippen molar-refractivity contribution in [1.82, 2.24) is 0 Å². The van der Waals surface area contributed by atoms with E-state index in [0.29, 0.717) is 5.75 Å². The summed E-state index contributed by atoms with van der Waals surface area (Å²) in [6, 6.07) is 9.02. The van der Waals surface area contributed by atoms with Crippen molar-refractivity contribution < 1.29 is 28.3 Å². The third kappa shape index (κ3) is 4.42. The lowest BCUT2D eigenvalue weighted by molar-refractivity contribution is -0.384. The molecule has 2 aromatic rings. The van der Waals surface area contributed by atoms with Crippen LogP contribution in [0.5, 0.6) is 11.5 Å². The highest BCUT2D eigenvalue weighted by molar-refractivity contribution is 5.93. The van der Waals surface area contributed by atoms with Gasteiger partial charge in [-0.25, -0.2) is 9.18 Å². The Bertz CT molecular complexity index is 732. The fourth-order valence-corrected chi connectivity index (χ4v) is 1.87. The molecule has 0 fully saturated rings. The molecular formula is C16H14FNO6. The largest absolute Gasteiger partial charge is 0.496 e. The average molecular weight is 335 g/mol. The van der Waals surface area contributed by atoms with Crippen molar-refractivity contribution in [3.05, 3.63) is 64.0 Å².